The summed E-state index contributed by atoms with van der Waals surface area (Å²) in [4.78, 5) is 14.6. The van der Waals surface area contributed by atoms with Crippen molar-refractivity contribution in [1.82, 2.24) is 4.90 Å². The quantitative estimate of drug-likeness (QED) is 0.712. The van der Waals surface area contributed by atoms with Crippen LogP contribution in [-0.4, -0.2) is 23.9 Å². The van der Waals surface area contributed by atoms with Crippen LogP contribution in [0.2, 0.25) is 0 Å². The van der Waals surface area contributed by atoms with Gasteiger partial charge in [0.05, 0.1) is 0 Å². The van der Waals surface area contributed by atoms with E-state index in [2.05, 4.69) is 43.6 Å². The number of hydrogen-bond acceptors (Lipinski definition) is 1. The second-order valence-electron chi connectivity index (χ2n) is 5.83. The predicted molar refractivity (Wildman–Crippen MR) is 84.7 cm³/mol. The minimum Gasteiger partial charge on any atom is -0.338 e. The van der Waals surface area contributed by atoms with Crippen LogP contribution in [0.5, 0.6) is 0 Å². The number of amides is 1. The van der Waals surface area contributed by atoms with E-state index in [-0.39, 0.29) is 5.91 Å². The van der Waals surface area contributed by atoms with Crippen molar-refractivity contribution in [2.75, 3.05) is 13.1 Å². The van der Waals surface area contributed by atoms with Crippen LogP contribution in [0.25, 0.3) is 0 Å². The lowest BCUT2D eigenvalue weighted by Gasteiger charge is -2.26. The van der Waals surface area contributed by atoms with Gasteiger partial charge in [0.25, 0.3) is 5.91 Å². The van der Waals surface area contributed by atoms with Gasteiger partial charge >= 0.3 is 0 Å². The second-order valence-corrected chi connectivity index (χ2v) is 6.39. The van der Waals surface area contributed by atoms with Gasteiger partial charge in [-0.25, -0.2) is 0 Å². The number of benzene rings is 1. The van der Waals surface area contributed by atoms with Gasteiger partial charge in [-0.3, -0.25) is 4.79 Å². The monoisotopic (exact) mass is 325 g/mol. The van der Waals surface area contributed by atoms with Gasteiger partial charge in [0, 0.05) is 24.0 Å². The molecule has 0 unspecified atom stereocenters. The fourth-order valence-corrected chi connectivity index (χ4v) is 2.44. The van der Waals surface area contributed by atoms with Crippen LogP contribution < -0.4 is 0 Å². The first-order valence-corrected chi connectivity index (χ1v) is 8.00. The summed E-state index contributed by atoms with van der Waals surface area (Å²) in [5.41, 5.74) is 1.93. The van der Waals surface area contributed by atoms with E-state index in [0.29, 0.717) is 11.8 Å². The highest BCUT2D eigenvalue weighted by molar-refractivity contribution is 9.08. The van der Waals surface area contributed by atoms with E-state index < -0.39 is 0 Å². The molecule has 0 aliphatic carbocycles. The maximum Gasteiger partial charge on any atom is 0.253 e. The summed E-state index contributed by atoms with van der Waals surface area (Å²) in [6.07, 6.45) is 0. The Bertz CT molecular complexity index is 405. The summed E-state index contributed by atoms with van der Waals surface area (Å²) in [5.74, 6) is 1.12. The van der Waals surface area contributed by atoms with Crippen molar-refractivity contribution in [2.24, 2.45) is 11.8 Å². The van der Waals surface area contributed by atoms with Gasteiger partial charge in [-0.15, -0.1) is 0 Å². The first-order valence-electron chi connectivity index (χ1n) is 6.88. The van der Waals surface area contributed by atoms with Gasteiger partial charge in [-0.1, -0.05) is 55.8 Å². The minimum atomic E-state index is 0.144. The molecule has 0 heterocycles. The molecule has 19 heavy (non-hydrogen) atoms. The maximum absolute atomic E-state index is 12.6. The molecule has 0 fully saturated rings. The number of alkyl halides is 1. The third kappa shape index (κ3) is 5.35. The Hall–Kier alpha value is -0.830. The molecule has 0 aliphatic heterocycles. The van der Waals surface area contributed by atoms with Gasteiger partial charge in [-0.2, -0.15) is 0 Å². The SMILES string of the molecule is CC(C)CN(CC(C)C)C(=O)c1cccc(CBr)c1. The molecule has 0 bridgehead atoms. The Morgan fingerprint density at radius 1 is 1.16 bits per heavy atom. The Balaban J connectivity index is 2.90. The van der Waals surface area contributed by atoms with E-state index in [4.69, 9.17) is 0 Å². The first kappa shape index (κ1) is 16.2. The van der Waals surface area contributed by atoms with Crippen LogP contribution in [0.4, 0.5) is 0 Å². The zero-order chi connectivity index (χ0) is 14.4. The van der Waals surface area contributed by atoms with Gasteiger partial charge < -0.3 is 4.90 Å². The lowest BCUT2D eigenvalue weighted by Crippen LogP contribution is -2.37. The van der Waals surface area contributed by atoms with Crippen molar-refractivity contribution in [1.29, 1.82) is 0 Å². The molecule has 106 valence electrons. The Kier molecular flexibility index (Phi) is 6.56. The van der Waals surface area contributed by atoms with Crippen LogP contribution in [0.15, 0.2) is 24.3 Å². The number of carbonyl (C=O) groups excluding carboxylic acids is 1. The topological polar surface area (TPSA) is 20.3 Å². The van der Waals surface area contributed by atoms with Gasteiger partial charge in [-0.05, 0) is 29.5 Å². The summed E-state index contributed by atoms with van der Waals surface area (Å²) in [6, 6.07) is 7.86. The summed E-state index contributed by atoms with van der Waals surface area (Å²) in [6.45, 7) is 10.2. The minimum absolute atomic E-state index is 0.144. The maximum atomic E-state index is 12.6. The molecular formula is C16H24BrNO. The molecule has 0 radical (unpaired) electrons. The van der Waals surface area contributed by atoms with Crippen LogP contribution in [-0.2, 0) is 5.33 Å². The van der Waals surface area contributed by atoms with Crippen LogP contribution >= 0.6 is 15.9 Å². The fraction of sp³-hybridized carbons (Fsp3) is 0.562. The molecule has 1 amide bonds. The highest BCUT2D eigenvalue weighted by atomic mass is 79.9. The zero-order valence-electron chi connectivity index (χ0n) is 12.3. The lowest BCUT2D eigenvalue weighted by atomic mass is 10.1. The van der Waals surface area contributed by atoms with E-state index in [1.165, 1.54) is 0 Å². The number of hydrogen-bond donors (Lipinski definition) is 0. The molecule has 3 heteroatoms. The number of halogens is 1. The van der Waals surface area contributed by atoms with E-state index in [1.807, 2.05) is 29.2 Å². The molecular weight excluding hydrogens is 302 g/mol. The number of carbonyl (C=O) groups is 1. The molecule has 1 aromatic rings. The van der Waals surface area contributed by atoms with E-state index in [1.54, 1.807) is 0 Å². The molecule has 0 aromatic heterocycles. The highest BCUT2D eigenvalue weighted by Crippen LogP contribution is 2.13. The summed E-state index contributed by atoms with van der Waals surface area (Å²) >= 11 is 3.43. The predicted octanol–water partition coefficient (Wildman–Crippen LogP) is 4.34. The molecule has 0 saturated carbocycles. The van der Waals surface area contributed by atoms with Crippen LogP contribution in [0.3, 0.4) is 0 Å². The van der Waals surface area contributed by atoms with Crippen LogP contribution in [0.1, 0.15) is 43.6 Å². The molecule has 1 aromatic carbocycles. The molecule has 0 saturated heterocycles. The van der Waals surface area contributed by atoms with Gasteiger partial charge in [0.1, 0.15) is 0 Å². The molecule has 2 nitrogen and oxygen atoms in total. The van der Waals surface area contributed by atoms with Gasteiger partial charge in [0.15, 0.2) is 0 Å². The van der Waals surface area contributed by atoms with E-state index >= 15 is 0 Å². The molecule has 0 spiro atoms. The van der Waals surface area contributed by atoms with E-state index in [0.717, 1.165) is 29.5 Å². The van der Waals surface area contributed by atoms with Crippen molar-refractivity contribution < 1.29 is 4.79 Å². The zero-order valence-corrected chi connectivity index (χ0v) is 13.9. The average molecular weight is 326 g/mol. The smallest absolute Gasteiger partial charge is 0.253 e. The molecule has 0 aliphatic rings. The third-order valence-corrected chi connectivity index (χ3v) is 3.43. The second kappa shape index (κ2) is 7.68. The highest BCUT2D eigenvalue weighted by Gasteiger charge is 2.18. The Morgan fingerprint density at radius 2 is 1.74 bits per heavy atom. The average Bonchev–Trinajstić information content (AvgIpc) is 2.36. The summed E-state index contributed by atoms with van der Waals surface area (Å²) < 4.78 is 0. The fourth-order valence-electron chi connectivity index (χ4n) is 2.09. The van der Waals surface area contributed by atoms with Crippen molar-refractivity contribution in [2.45, 2.75) is 33.0 Å². The Labute approximate surface area is 125 Å². The third-order valence-electron chi connectivity index (χ3n) is 2.79. The van der Waals surface area contributed by atoms with E-state index in [9.17, 15) is 4.79 Å². The first-order chi connectivity index (χ1) is 8.93. The van der Waals surface area contributed by atoms with Crippen molar-refractivity contribution in [3.8, 4) is 0 Å². The number of rotatable bonds is 6. The summed E-state index contributed by atoms with van der Waals surface area (Å²) in [7, 11) is 0. The van der Waals surface area contributed by atoms with Gasteiger partial charge in [0.2, 0.25) is 0 Å². The van der Waals surface area contributed by atoms with Crippen molar-refractivity contribution in [3.05, 3.63) is 35.4 Å². The number of nitrogens with zero attached hydrogens (tertiary/aromatic N) is 1. The lowest BCUT2D eigenvalue weighted by molar-refractivity contribution is 0.0715. The normalized spacial score (nSPS) is 11.1. The van der Waals surface area contributed by atoms with Crippen molar-refractivity contribution in [3.63, 3.8) is 0 Å². The van der Waals surface area contributed by atoms with Crippen LogP contribution in [0, 0.1) is 11.8 Å². The largest absolute Gasteiger partial charge is 0.338 e. The molecule has 0 atom stereocenters. The standard InChI is InChI=1S/C16H24BrNO/c1-12(2)10-18(11-13(3)4)16(19)15-7-5-6-14(8-15)9-17/h5-8,12-13H,9-11H2,1-4H3. The Morgan fingerprint density at radius 3 is 2.21 bits per heavy atom. The van der Waals surface area contributed by atoms with Crippen molar-refractivity contribution >= 4 is 21.8 Å². The molecule has 1 rings (SSSR count). The molecule has 0 N–H and O–H groups in total. The summed E-state index contributed by atoms with van der Waals surface area (Å²) in [5, 5.41) is 0.780.